The minimum absolute atomic E-state index is 0.865. The van der Waals surface area contributed by atoms with Gasteiger partial charge in [0, 0.05) is 12.3 Å². The highest BCUT2D eigenvalue weighted by molar-refractivity contribution is 5.45. The summed E-state index contributed by atoms with van der Waals surface area (Å²) in [6.07, 6.45) is 3.65. The molecule has 0 aromatic carbocycles. The summed E-state index contributed by atoms with van der Waals surface area (Å²) < 4.78 is 4.98. The van der Waals surface area contributed by atoms with Crippen LogP contribution in [0.25, 0.3) is 6.08 Å². The van der Waals surface area contributed by atoms with Crippen LogP contribution in [0.5, 0.6) is 0 Å². The van der Waals surface area contributed by atoms with E-state index in [0.717, 1.165) is 11.5 Å². The zero-order valence-corrected chi connectivity index (χ0v) is 6.74. The van der Waals surface area contributed by atoms with Crippen LogP contribution < -0.4 is 0 Å². The lowest BCUT2D eigenvalue weighted by atomic mass is 10.3. The molecular weight excluding hydrogens is 138 g/mol. The first-order valence-electron chi connectivity index (χ1n) is 3.46. The van der Waals surface area contributed by atoms with Gasteiger partial charge in [-0.2, -0.15) is 0 Å². The second-order valence-electron chi connectivity index (χ2n) is 2.21. The summed E-state index contributed by atoms with van der Waals surface area (Å²) in [5.41, 5.74) is 0.923. The van der Waals surface area contributed by atoms with Crippen LogP contribution in [0, 0.1) is 0 Å². The van der Waals surface area contributed by atoms with Crippen LogP contribution in [0.2, 0.25) is 0 Å². The molecule has 0 atom stereocenters. The third-order valence-corrected chi connectivity index (χ3v) is 1.36. The van der Waals surface area contributed by atoms with Crippen molar-refractivity contribution in [2.75, 3.05) is 7.11 Å². The smallest absolute Gasteiger partial charge is 0.0946 e. The van der Waals surface area contributed by atoms with Crippen molar-refractivity contribution in [1.29, 1.82) is 0 Å². The molecule has 0 aliphatic heterocycles. The van der Waals surface area contributed by atoms with E-state index in [4.69, 9.17) is 4.74 Å². The number of methoxy groups -OCH3 is 1. The van der Waals surface area contributed by atoms with Crippen molar-refractivity contribution in [3.63, 3.8) is 0 Å². The second kappa shape index (κ2) is 3.76. The fourth-order valence-electron chi connectivity index (χ4n) is 0.729. The number of aromatic nitrogens is 1. The van der Waals surface area contributed by atoms with E-state index in [1.165, 1.54) is 0 Å². The van der Waals surface area contributed by atoms with Gasteiger partial charge in [0.1, 0.15) is 0 Å². The molecule has 0 saturated heterocycles. The molecule has 11 heavy (non-hydrogen) atoms. The van der Waals surface area contributed by atoms with Crippen molar-refractivity contribution in [3.8, 4) is 0 Å². The Kier molecular flexibility index (Phi) is 2.66. The fourth-order valence-corrected chi connectivity index (χ4v) is 0.729. The van der Waals surface area contributed by atoms with Crippen molar-refractivity contribution in [1.82, 2.24) is 4.98 Å². The van der Waals surface area contributed by atoms with Crippen LogP contribution in [0.3, 0.4) is 0 Å². The molecule has 0 N–H and O–H groups in total. The quantitative estimate of drug-likeness (QED) is 0.601. The molecule has 0 radical (unpaired) electrons. The SMILES string of the molecule is CO/C(C)=C\c1ccccn1. The number of rotatable bonds is 2. The van der Waals surface area contributed by atoms with Crippen molar-refractivity contribution >= 4 is 6.08 Å². The van der Waals surface area contributed by atoms with Gasteiger partial charge in [-0.3, -0.25) is 4.98 Å². The Morgan fingerprint density at radius 2 is 2.36 bits per heavy atom. The number of pyridine rings is 1. The summed E-state index contributed by atoms with van der Waals surface area (Å²) in [6, 6.07) is 5.77. The van der Waals surface area contributed by atoms with E-state index >= 15 is 0 Å². The van der Waals surface area contributed by atoms with Gasteiger partial charge in [-0.15, -0.1) is 0 Å². The maximum atomic E-state index is 4.98. The number of nitrogens with zero attached hydrogens (tertiary/aromatic N) is 1. The third-order valence-electron chi connectivity index (χ3n) is 1.36. The first kappa shape index (κ1) is 7.79. The van der Waals surface area contributed by atoms with Crippen LogP contribution in [0.15, 0.2) is 30.2 Å². The summed E-state index contributed by atoms with van der Waals surface area (Å²) in [6.45, 7) is 1.90. The minimum Gasteiger partial charge on any atom is -0.501 e. The van der Waals surface area contributed by atoms with E-state index in [1.807, 2.05) is 31.2 Å². The van der Waals surface area contributed by atoms with Crippen molar-refractivity contribution in [3.05, 3.63) is 35.8 Å². The Morgan fingerprint density at radius 1 is 1.55 bits per heavy atom. The molecule has 0 aliphatic rings. The Labute approximate surface area is 66.5 Å². The topological polar surface area (TPSA) is 22.1 Å². The molecule has 58 valence electrons. The molecule has 0 saturated carbocycles. The van der Waals surface area contributed by atoms with Gasteiger partial charge in [0.05, 0.1) is 18.6 Å². The van der Waals surface area contributed by atoms with Crippen LogP contribution in [0.1, 0.15) is 12.6 Å². The highest BCUT2D eigenvalue weighted by Gasteiger charge is 1.87. The average molecular weight is 149 g/mol. The van der Waals surface area contributed by atoms with Crippen molar-refractivity contribution < 1.29 is 4.74 Å². The lowest BCUT2D eigenvalue weighted by Gasteiger charge is -1.96. The molecule has 0 aliphatic carbocycles. The van der Waals surface area contributed by atoms with E-state index in [1.54, 1.807) is 13.3 Å². The van der Waals surface area contributed by atoms with Crippen LogP contribution in [0.4, 0.5) is 0 Å². The predicted octanol–water partition coefficient (Wildman–Crippen LogP) is 2.09. The Bertz CT molecular complexity index is 241. The van der Waals surface area contributed by atoms with Gasteiger partial charge in [0.2, 0.25) is 0 Å². The molecule has 0 amide bonds. The Hall–Kier alpha value is -1.31. The summed E-state index contributed by atoms with van der Waals surface area (Å²) >= 11 is 0. The molecule has 0 bridgehead atoms. The molecule has 1 rings (SSSR count). The lowest BCUT2D eigenvalue weighted by Crippen LogP contribution is -1.82. The second-order valence-corrected chi connectivity index (χ2v) is 2.21. The van der Waals surface area contributed by atoms with E-state index < -0.39 is 0 Å². The number of hydrogen-bond donors (Lipinski definition) is 0. The molecule has 0 spiro atoms. The highest BCUT2D eigenvalue weighted by Crippen LogP contribution is 2.02. The summed E-state index contributed by atoms with van der Waals surface area (Å²) in [5.74, 6) is 0.865. The molecule has 1 aromatic rings. The van der Waals surface area contributed by atoms with Gasteiger partial charge < -0.3 is 4.74 Å². The zero-order valence-electron chi connectivity index (χ0n) is 6.74. The molecule has 1 heterocycles. The van der Waals surface area contributed by atoms with Gasteiger partial charge in [-0.05, 0) is 19.1 Å². The molecular formula is C9H11NO. The number of allylic oxidation sites excluding steroid dienone is 1. The summed E-state index contributed by atoms with van der Waals surface area (Å²) in [4.78, 5) is 4.11. The van der Waals surface area contributed by atoms with E-state index in [0.29, 0.717) is 0 Å². The maximum absolute atomic E-state index is 4.98. The van der Waals surface area contributed by atoms with Gasteiger partial charge in [-0.25, -0.2) is 0 Å². The molecule has 0 unspecified atom stereocenters. The molecule has 2 nitrogen and oxygen atoms in total. The Morgan fingerprint density at radius 3 is 2.91 bits per heavy atom. The molecule has 1 aromatic heterocycles. The van der Waals surface area contributed by atoms with Gasteiger partial charge >= 0.3 is 0 Å². The van der Waals surface area contributed by atoms with Crippen molar-refractivity contribution in [2.45, 2.75) is 6.92 Å². The largest absolute Gasteiger partial charge is 0.501 e. The van der Waals surface area contributed by atoms with E-state index in [2.05, 4.69) is 4.98 Å². The van der Waals surface area contributed by atoms with Gasteiger partial charge in [0.25, 0.3) is 0 Å². The van der Waals surface area contributed by atoms with Crippen LogP contribution >= 0.6 is 0 Å². The minimum atomic E-state index is 0.865. The fraction of sp³-hybridized carbons (Fsp3) is 0.222. The van der Waals surface area contributed by atoms with Crippen LogP contribution in [-0.4, -0.2) is 12.1 Å². The van der Waals surface area contributed by atoms with Crippen LogP contribution in [-0.2, 0) is 4.74 Å². The highest BCUT2D eigenvalue weighted by atomic mass is 16.5. The summed E-state index contributed by atoms with van der Waals surface area (Å²) in [7, 11) is 1.65. The summed E-state index contributed by atoms with van der Waals surface area (Å²) in [5, 5.41) is 0. The van der Waals surface area contributed by atoms with E-state index in [-0.39, 0.29) is 0 Å². The molecule has 2 heteroatoms. The zero-order chi connectivity index (χ0) is 8.10. The normalized spacial score (nSPS) is 11.3. The predicted molar refractivity (Wildman–Crippen MR) is 44.9 cm³/mol. The van der Waals surface area contributed by atoms with Gasteiger partial charge in [-0.1, -0.05) is 6.07 Å². The average Bonchev–Trinajstić information content (AvgIpc) is 2.06. The van der Waals surface area contributed by atoms with E-state index in [9.17, 15) is 0 Å². The van der Waals surface area contributed by atoms with Gasteiger partial charge in [0.15, 0.2) is 0 Å². The number of ether oxygens (including phenoxy) is 1. The molecule has 0 fully saturated rings. The first-order valence-corrected chi connectivity index (χ1v) is 3.46. The standard InChI is InChI=1S/C9H11NO/c1-8(11-2)7-9-5-3-4-6-10-9/h3-7H,1-2H3/b8-7-. The third kappa shape index (κ3) is 2.42. The van der Waals surface area contributed by atoms with Crippen molar-refractivity contribution in [2.24, 2.45) is 0 Å². The maximum Gasteiger partial charge on any atom is 0.0946 e. The monoisotopic (exact) mass is 149 g/mol. The first-order chi connectivity index (χ1) is 5.33. The Balaban J connectivity index is 2.79. The lowest BCUT2D eigenvalue weighted by molar-refractivity contribution is 0.297. The number of hydrogen-bond acceptors (Lipinski definition) is 2.